The molecule has 0 atom stereocenters. The second-order valence-corrected chi connectivity index (χ2v) is 5.42. The number of aliphatic carboxylic acids is 2. The predicted octanol–water partition coefficient (Wildman–Crippen LogP) is 1.14. The van der Waals surface area contributed by atoms with Crippen molar-refractivity contribution < 1.29 is 19.8 Å². The zero-order valence-electron chi connectivity index (χ0n) is 14.1. The summed E-state index contributed by atoms with van der Waals surface area (Å²) in [6, 6.07) is 19.7. The maximum atomic E-state index is 10.1. The second-order valence-electron chi connectivity index (χ2n) is 5.42. The van der Waals surface area contributed by atoms with E-state index in [0.29, 0.717) is 12.8 Å². The molecule has 0 aliphatic carbocycles. The first kappa shape index (κ1) is 23.2. The fraction of sp³-hybridized carbons (Fsp3) is 0.300. The molecule has 130 valence electrons. The van der Waals surface area contributed by atoms with Crippen LogP contribution in [0.25, 0.3) is 0 Å². The Morgan fingerprint density at radius 1 is 0.640 bits per heavy atom. The van der Waals surface area contributed by atoms with E-state index in [2.05, 4.69) is 0 Å². The summed E-state index contributed by atoms with van der Waals surface area (Å²) in [6.45, 7) is 0. The van der Waals surface area contributed by atoms with Gasteiger partial charge in [-0.05, 0) is 49.7 Å². The normalized spacial score (nSPS) is 9.28. The van der Waals surface area contributed by atoms with Crippen LogP contribution >= 0.6 is 0 Å². The van der Waals surface area contributed by atoms with Crippen LogP contribution in [-0.4, -0.2) is 35.8 Å². The number of rotatable bonds is 8. The Morgan fingerprint density at radius 2 is 0.960 bits per heavy atom. The van der Waals surface area contributed by atoms with Gasteiger partial charge in [0.05, 0.1) is 0 Å². The first-order chi connectivity index (χ1) is 11.6. The van der Waals surface area contributed by atoms with Gasteiger partial charge >= 0.3 is 23.9 Å². The first-order valence-electron chi connectivity index (χ1n) is 8.05. The van der Waals surface area contributed by atoms with E-state index in [1.807, 2.05) is 60.7 Å². The van der Waals surface area contributed by atoms with Crippen LogP contribution in [-0.2, 0) is 22.4 Å². The molecule has 0 spiro atoms. The molecule has 2 radical (unpaired) electrons. The number of hydrogen-bond acceptors (Lipinski definition) is 4. The predicted molar refractivity (Wildman–Crippen MR) is 94.5 cm³/mol. The Kier molecular flexibility index (Phi) is 13.5. The fourth-order valence-electron chi connectivity index (χ4n) is 2.16. The van der Waals surface area contributed by atoms with Crippen molar-refractivity contribution in [3.63, 3.8) is 0 Å². The fourth-order valence-corrected chi connectivity index (χ4v) is 2.16. The van der Waals surface area contributed by atoms with Crippen LogP contribution < -0.4 is 10.2 Å². The number of carboxylic acids is 2. The maximum absolute atomic E-state index is 10.1. The van der Waals surface area contributed by atoms with Crippen molar-refractivity contribution in [2.75, 3.05) is 0 Å². The second kappa shape index (κ2) is 14.5. The molecule has 0 aromatic heterocycles. The molecule has 2 aromatic rings. The molecule has 0 amide bonds. The molecule has 0 saturated heterocycles. The van der Waals surface area contributed by atoms with Crippen LogP contribution in [0, 0.1) is 0 Å². The molecular formula is C20H22O4Sn. The number of carbonyl (C=O) groups excluding carboxylic acids is 2. The van der Waals surface area contributed by atoms with Gasteiger partial charge in [0.15, 0.2) is 0 Å². The van der Waals surface area contributed by atoms with Crippen LogP contribution in [0.15, 0.2) is 60.7 Å². The minimum absolute atomic E-state index is 0. The Morgan fingerprint density at radius 3 is 1.24 bits per heavy atom. The minimum Gasteiger partial charge on any atom is -0.550 e. The zero-order chi connectivity index (χ0) is 17.6. The quantitative estimate of drug-likeness (QED) is 0.572. The average molecular weight is 445 g/mol. The van der Waals surface area contributed by atoms with Gasteiger partial charge in [-0.3, -0.25) is 0 Å². The third-order valence-corrected chi connectivity index (χ3v) is 3.38. The van der Waals surface area contributed by atoms with Gasteiger partial charge in [-0.15, -0.1) is 0 Å². The van der Waals surface area contributed by atoms with Crippen molar-refractivity contribution in [1.29, 1.82) is 0 Å². The van der Waals surface area contributed by atoms with E-state index in [9.17, 15) is 19.8 Å². The molecule has 2 aromatic carbocycles. The van der Waals surface area contributed by atoms with Crippen LogP contribution in [0.1, 0.15) is 36.8 Å². The Balaban J connectivity index is 0.000000443. The summed E-state index contributed by atoms with van der Waals surface area (Å²) in [5, 5.41) is 20.2. The molecule has 5 heteroatoms. The molecule has 0 bridgehead atoms. The number of benzene rings is 2. The Bertz CT molecular complexity index is 544. The summed E-state index contributed by atoms with van der Waals surface area (Å²) < 4.78 is 0. The van der Waals surface area contributed by atoms with E-state index in [1.54, 1.807) is 0 Å². The van der Waals surface area contributed by atoms with Crippen LogP contribution in [0.4, 0.5) is 0 Å². The zero-order valence-corrected chi connectivity index (χ0v) is 17.0. The SMILES string of the molecule is O=C([O-])CCCc1ccccc1.O=C([O-])CCCc1ccccc1.[Sn+2]. The summed E-state index contributed by atoms with van der Waals surface area (Å²) in [5.74, 6) is -1.93. The van der Waals surface area contributed by atoms with E-state index >= 15 is 0 Å². The molecule has 0 fully saturated rings. The molecule has 2 rings (SSSR count). The maximum Gasteiger partial charge on any atom is 2.00 e. The minimum atomic E-state index is -0.967. The van der Waals surface area contributed by atoms with Crippen molar-refractivity contribution in [2.24, 2.45) is 0 Å². The number of aryl methyl sites for hydroxylation is 2. The van der Waals surface area contributed by atoms with Gasteiger partial charge in [-0.2, -0.15) is 0 Å². The average Bonchev–Trinajstić information content (AvgIpc) is 2.57. The Hall–Kier alpha value is -1.82. The summed E-state index contributed by atoms with van der Waals surface area (Å²) in [7, 11) is 0. The monoisotopic (exact) mass is 446 g/mol. The molecule has 0 unspecified atom stereocenters. The van der Waals surface area contributed by atoms with Gasteiger partial charge in [0.25, 0.3) is 0 Å². The third-order valence-electron chi connectivity index (χ3n) is 3.38. The van der Waals surface area contributed by atoms with Crippen molar-refractivity contribution in [2.45, 2.75) is 38.5 Å². The van der Waals surface area contributed by atoms with Crippen molar-refractivity contribution in [1.82, 2.24) is 0 Å². The van der Waals surface area contributed by atoms with E-state index in [0.717, 1.165) is 12.8 Å². The molecule has 25 heavy (non-hydrogen) atoms. The summed E-state index contributed by atoms with van der Waals surface area (Å²) in [4.78, 5) is 20.2. The molecule has 0 aliphatic heterocycles. The van der Waals surface area contributed by atoms with Gasteiger partial charge in [-0.1, -0.05) is 60.7 Å². The third kappa shape index (κ3) is 13.2. The van der Waals surface area contributed by atoms with E-state index in [-0.39, 0.29) is 36.7 Å². The number of carbonyl (C=O) groups is 2. The summed E-state index contributed by atoms with van der Waals surface area (Å²) in [6.07, 6.45) is 3.24. The van der Waals surface area contributed by atoms with E-state index in [4.69, 9.17) is 0 Å². The molecule has 0 N–H and O–H groups in total. The van der Waals surface area contributed by atoms with Gasteiger partial charge < -0.3 is 19.8 Å². The topological polar surface area (TPSA) is 80.3 Å². The van der Waals surface area contributed by atoms with Crippen molar-refractivity contribution in [3.8, 4) is 0 Å². The molecule has 4 nitrogen and oxygen atoms in total. The smallest absolute Gasteiger partial charge is 0.550 e. The summed E-state index contributed by atoms with van der Waals surface area (Å²) in [5.41, 5.74) is 2.36. The van der Waals surface area contributed by atoms with Crippen molar-refractivity contribution >= 4 is 35.8 Å². The van der Waals surface area contributed by atoms with E-state index in [1.165, 1.54) is 11.1 Å². The summed E-state index contributed by atoms with van der Waals surface area (Å²) >= 11 is 0. The molecule has 0 heterocycles. The van der Waals surface area contributed by atoms with Gasteiger partial charge in [-0.25, -0.2) is 0 Å². The number of carboxylic acid groups (broad SMARTS) is 2. The van der Waals surface area contributed by atoms with E-state index < -0.39 is 11.9 Å². The van der Waals surface area contributed by atoms with Gasteiger partial charge in [0.2, 0.25) is 0 Å². The van der Waals surface area contributed by atoms with Crippen LogP contribution in [0.5, 0.6) is 0 Å². The Labute approximate surface area is 165 Å². The molecule has 0 saturated carbocycles. The molecule has 0 aliphatic rings. The van der Waals surface area contributed by atoms with Crippen molar-refractivity contribution in [3.05, 3.63) is 71.8 Å². The largest absolute Gasteiger partial charge is 2.00 e. The van der Waals surface area contributed by atoms with Gasteiger partial charge in [0.1, 0.15) is 0 Å². The molecular weight excluding hydrogens is 423 g/mol. The standard InChI is InChI=1S/2C10H12O2.Sn/c2*11-10(12)8-4-7-9-5-2-1-3-6-9;/h2*1-3,5-6H,4,7-8H2,(H,11,12);/q;;+2/p-2. The van der Waals surface area contributed by atoms with Crippen LogP contribution in [0.3, 0.4) is 0 Å². The van der Waals surface area contributed by atoms with Gasteiger partial charge in [0, 0.05) is 11.9 Å². The van der Waals surface area contributed by atoms with Crippen LogP contribution in [0.2, 0.25) is 0 Å². The first-order valence-corrected chi connectivity index (χ1v) is 8.05. The number of hydrogen-bond donors (Lipinski definition) is 0.